The first kappa shape index (κ1) is 18.8. The van der Waals surface area contributed by atoms with Gasteiger partial charge in [-0.1, -0.05) is 6.07 Å². The van der Waals surface area contributed by atoms with E-state index in [2.05, 4.69) is 26.5 Å². The fourth-order valence-corrected chi connectivity index (χ4v) is 2.57. The van der Waals surface area contributed by atoms with E-state index in [1.54, 1.807) is 25.1 Å². The average Bonchev–Trinajstić information content (AvgIpc) is 2.58. The summed E-state index contributed by atoms with van der Waals surface area (Å²) in [5, 5.41) is 13.4. The lowest BCUT2D eigenvalue weighted by Crippen LogP contribution is -2.33. The number of ether oxygens (including phenoxy) is 2. The van der Waals surface area contributed by atoms with Crippen molar-refractivity contribution in [1.82, 2.24) is 5.43 Å². The summed E-state index contributed by atoms with van der Waals surface area (Å²) in [6.07, 6.45) is 0.736. The summed E-state index contributed by atoms with van der Waals surface area (Å²) in [7, 11) is 1.46. The molecule has 0 aliphatic carbocycles. The second-order valence-electron chi connectivity index (χ2n) is 5.36. The molecule has 7 heteroatoms. The van der Waals surface area contributed by atoms with Crippen LogP contribution in [0.5, 0.6) is 17.2 Å². The van der Waals surface area contributed by atoms with Crippen LogP contribution in [-0.4, -0.2) is 30.4 Å². The lowest BCUT2D eigenvalue weighted by atomic mass is 10.2. The van der Waals surface area contributed by atoms with Crippen molar-refractivity contribution in [2.45, 2.75) is 20.0 Å². The van der Waals surface area contributed by atoms with Crippen molar-refractivity contribution in [2.75, 3.05) is 7.11 Å². The first-order valence-corrected chi connectivity index (χ1v) is 8.32. The average molecular weight is 407 g/mol. The van der Waals surface area contributed by atoms with E-state index in [-0.39, 0.29) is 11.7 Å². The van der Waals surface area contributed by atoms with Crippen LogP contribution >= 0.6 is 15.9 Å². The zero-order chi connectivity index (χ0) is 18.4. The van der Waals surface area contributed by atoms with Gasteiger partial charge in [0.1, 0.15) is 5.75 Å². The Labute approximate surface area is 154 Å². The van der Waals surface area contributed by atoms with Crippen LogP contribution in [0.25, 0.3) is 0 Å². The number of aromatic hydroxyl groups is 1. The summed E-state index contributed by atoms with van der Waals surface area (Å²) >= 11 is 3.41. The maximum absolute atomic E-state index is 12.1. The number of nitrogens with one attached hydrogen (secondary N) is 1. The Morgan fingerprint density at radius 3 is 2.72 bits per heavy atom. The van der Waals surface area contributed by atoms with Crippen LogP contribution in [0.1, 0.15) is 18.1 Å². The summed E-state index contributed by atoms with van der Waals surface area (Å²) < 4.78 is 11.4. The van der Waals surface area contributed by atoms with Gasteiger partial charge >= 0.3 is 0 Å². The number of carbonyl (C=O) groups excluding carboxylic acids is 1. The molecule has 2 N–H and O–H groups in total. The molecule has 1 amide bonds. The van der Waals surface area contributed by atoms with E-state index in [0.717, 1.165) is 10.0 Å². The first-order chi connectivity index (χ1) is 11.9. The van der Waals surface area contributed by atoms with E-state index in [1.165, 1.54) is 19.4 Å². The Balaban J connectivity index is 1.94. The predicted octanol–water partition coefficient (Wildman–Crippen LogP) is 3.39. The zero-order valence-electron chi connectivity index (χ0n) is 14.1. The molecule has 0 bridgehead atoms. The molecule has 0 aromatic heterocycles. The highest BCUT2D eigenvalue weighted by molar-refractivity contribution is 9.10. The Morgan fingerprint density at radius 2 is 2.04 bits per heavy atom. The molecule has 2 aromatic carbocycles. The van der Waals surface area contributed by atoms with Crippen LogP contribution < -0.4 is 14.9 Å². The number of halogens is 1. The zero-order valence-corrected chi connectivity index (χ0v) is 15.7. The molecule has 2 aromatic rings. The summed E-state index contributed by atoms with van der Waals surface area (Å²) in [5.74, 6) is 0.570. The number of benzene rings is 2. The fourth-order valence-electron chi connectivity index (χ4n) is 1.98. The number of phenols is 1. The second-order valence-corrected chi connectivity index (χ2v) is 6.21. The fraction of sp³-hybridized carbons (Fsp3) is 0.222. The second kappa shape index (κ2) is 8.53. The number of hydrogen-bond acceptors (Lipinski definition) is 5. The standard InChI is InChI=1S/C18H19BrN2O4/c1-11-4-7-16(14(19)8-11)25-12(2)18(23)21-20-10-13-5-6-15(22)17(9-13)24-3/h4-10,12,22H,1-3H3,(H,21,23)/b20-10-/t12-/m0/s1. The van der Waals surface area contributed by atoms with Crippen LogP contribution in [0.2, 0.25) is 0 Å². The highest BCUT2D eigenvalue weighted by Gasteiger charge is 2.15. The van der Waals surface area contributed by atoms with E-state index in [0.29, 0.717) is 17.1 Å². The van der Waals surface area contributed by atoms with Gasteiger partial charge in [0.2, 0.25) is 0 Å². The maximum atomic E-state index is 12.1. The molecule has 1 atom stereocenters. The summed E-state index contributed by atoms with van der Waals surface area (Å²) in [6, 6.07) is 10.4. The predicted molar refractivity (Wildman–Crippen MR) is 99.4 cm³/mol. The van der Waals surface area contributed by atoms with Gasteiger partial charge in [-0.05, 0) is 71.2 Å². The monoisotopic (exact) mass is 406 g/mol. The normalized spacial score (nSPS) is 12.0. The number of nitrogens with zero attached hydrogens (tertiary/aromatic N) is 1. The van der Waals surface area contributed by atoms with E-state index in [9.17, 15) is 9.90 Å². The Hall–Kier alpha value is -2.54. The van der Waals surface area contributed by atoms with E-state index < -0.39 is 6.10 Å². The molecule has 0 aliphatic heterocycles. The summed E-state index contributed by atoms with van der Waals surface area (Å²) in [4.78, 5) is 12.1. The van der Waals surface area contributed by atoms with Crippen LogP contribution in [0.4, 0.5) is 0 Å². The molecule has 0 saturated heterocycles. The topological polar surface area (TPSA) is 80.2 Å². The molecule has 0 fully saturated rings. The van der Waals surface area contributed by atoms with Crippen LogP contribution in [-0.2, 0) is 4.79 Å². The van der Waals surface area contributed by atoms with Gasteiger partial charge in [0.15, 0.2) is 17.6 Å². The lowest BCUT2D eigenvalue weighted by Gasteiger charge is -2.14. The van der Waals surface area contributed by atoms with Gasteiger partial charge in [0, 0.05) is 0 Å². The highest BCUT2D eigenvalue weighted by Crippen LogP contribution is 2.27. The minimum absolute atomic E-state index is 0.0365. The Kier molecular flexibility index (Phi) is 6.41. The molecule has 2 rings (SSSR count). The molecule has 0 radical (unpaired) electrons. The molecule has 0 saturated carbocycles. The minimum atomic E-state index is -0.717. The van der Waals surface area contributed by atoms with E-state index in [1.807, 2.05) is 19.1 Å². The molecule has 0 aliphatic rings. The van der Waals surface area contributed by atoms with Crippen molar-refractivity contribution in [3.63, 3.8) is 0 Å². The molecule has 0 heterocycles. The highest BCUT2D eigenvalue weighted by atomic mass is 79.9. The van der Waals surface area contributed by atoms with Gasteiger partial charge in [-0.3, -0.25) is 4.79 Å². The number of hydrogen-bond donors (Lipinski definition) is 2. The number of phenolic OH excluding ortho intramolecular Hbond substituents is 1. The molecule has 0 unspecified atom stereocenters. The molecule has 6 nitrogen and oxygen atoms in total. The van der Waals surface area contributed by atoms with Crippen molar-refractivity contribution in [3.05, 3.63) is 52.0 Å². The number of methoxy groups -OCH3 is 1. The van der Waals surface area contributed by atoms with Gasteiger partial charge in [0.05, 0.1) is 17.8 Å². The first-order valence-electron chi connectivity index (χ1n) is 7.53. The number of rotatable bonds is 6. The Bertz CT molecular complexity index is 793. The third-order valence-electron chi connectivity index (χ3n) is 3.35. The molecular weight excluding hydrogens is 388 g/mol. The number of hydrazone groups is 1. The van der Waals surface area contributed by atoms with Crippen molar-refractivity contribution in [2.24, 2.45) is 5.10 Å². The van der Waals surface area contributed by atoms with Crippen molar-refractivity contribution in [3.8, 4) is 17.2 Å². The minimum Gasteiger partial charge on any atom is -0.504 e. The van der Waals surface area contributed by atoms with Gasteiger partial charge in [-0.25, -0.2) is 5.43 Å². The van der Waals surface area contributed by atoms with Gasteiger partial charge in [-0.2, -0.15) is 5.10 Å². The van der Waals surface area contributed by atoms with Gasteiger partial charge in [-0.15, -0.1) is 0 Å². The number of carbonyl (C=O) groups is 1. The maximum Gasteiger partial charge on any atom is 0.280 e. The Morgan fingerprint density at radius 1 is 1.28 bits per heavy atom. The van der Waals surface area contributed by atoms with Crippen LogP contribution in [0.3, 0.4) is 0 Å². The molecule has 0 spiro atoms. The molecular formula is C18H19BrN2O4. The third-order valence-corrected chi connectivity index (χ3v) is 3.97. The van der Waals surface area contributed by atoms with E-state index >= 15 is 0 Å². The van der Waals surface area contributed by atoms with Crippen LogP contribution in [0.15, 0.2) is 46.0 Å². The van der Waals surface area contributed by atoms with Gasteiger partial charge < -0.3 is 14.6 Å². The van der Waals surface area contributed by atoms with E-state index in [4.69, 9.17) is 9.47 Å². The number of amides is 1. The summed E-state index contributed by atoms with van der Waals surface area (Å²) in [5.41, 5.74) is 4.18. The summed E-state index contributed by atoms with van der Waals surface area (Å²) in [6.45, 7) is 3.61. The smallest absolute Gasteiger partial charge is 0.280 e. The quantitative estimate of drug-likeness (QED) is 0.568. The lowest BCUT2D eigenvalue weighted by molar-refractivity contribution is -0.127. The van der Waals surface area contributed by atoms with Crippen molar-refractivity contribution in [1.29, 1.82) is 0 Å². The SMILES string of the molecule is COc1cc(/C=N\NC(=O)[C@H](C)Oc2ccc(C)cc2Br)ccc1O. The van der Waals surface area contributed by atoms with Crippen molar-refractivity contribution < 1.29 is 19.4 Å². The van der Waals surface area contributed by atoms with Crippen molar-refractivity contribution >= 4 is 28.1 Å². The largest absolute Gasteiger partial charge is 0.504 e. The molecule has 132 valence electrons. The number of aryl methyl sites for hydroxylation is 1. The molecule has 25 heavy (non-hydrogen) atoms. The van der Waals surface area contributed by atoms with Gasteiger partial charge in [0.25, 0.3) is 5.91 Å². The van der Waals surface area contributed by atoms with Crippen LogP contribution in [0, 0.1) is 6.92 Å². The third kappa shape index (κ3) is 5.22.